The first kappa shape index (κ1) is 18.5. The first-order chi connectivity index (χ1) is 13.3. The minimum absolute atomic E-state index is 0.139. The fraction of sp³-hybridized carbons (Fsp3) is 0.444. The number of hydrogen-bond donors (Lipinski definition) is 1. The number of nitrogens with zero attached hydrogens (tertiary/aromatic N) is 5. The second-order valence-electron chi connectivity index (χ2n) is 6.91. The van der Waals surface area contributed by atoms with E-state index < -0.39 is 11.9 Å². The summed E-state index contributed by atoms with van der Waals surface area (Å²) in [6.07, 6.45) is -2.90. The van der Waals surface area contributed by atoms with Crippen molar-refractivity contribution in [1.82, 2.24) is 15.0 Å². The number of aromatic nitrogens is 3. The van der Waals surface area contributed by atoms with Crippen LogP contribution in [0.2, 0.25) is 0 Å². The molecule has 2 aromatic rings. The number of alkyl halides is 3. The van der Waals surface area contributed by atoms with Gasteiger partial charge in [0.15, 0.2) is 5.69 Å². The van der Waals surface area contributed by atoms with Crippen molar-refractivity contribution in [2.24, 2.45) is 0 Å². The zero-order valence-corrected chi connectivity index (χ0v) is 15.0. The molecule has 0 spiro atoms. The van der Waals surface area contributed by atoms with Crippen LogP contribution in [0.3, 0.4) is 0 Å². The normalized spacial score (nSPS) is 17.6. The van der Waals surface area contributed by atoms with Crippen LogP contribution in [-0.2, 0) is 11.0 Å². The first-order valence-corrected chi connectivity index (χ1v) is 9.06. The standard InChI is InChI=1S/C18H19F3N6O/c19-18(20,21)16-12(2-3-14(22)24-16)13-10-15(26-6-1-7-26)25-17(23-13)27-8-4-11(28)5-9-27/h2-3,10H,1,4-9H2,(H2,22,24). The molecule has 0 unspecified atom stereocenters. The first-order valence-electron chi connectivity index (χ1n) is 9.06. The van der Waals surface area contributed by atoms with Crippen LogP contribution in [0.15, 0.2) is 18.2 Å². The van der Waals surface area contributed by atoms with Crippen LogP contribution in [-0.4, -0.2) is 46.9 Å². The predicted octanol–water partition coefficient (Wildman–Crippen LogP) is 2.52. The summed E-state index contributed by atoms with van der Waals surface area (Å²) in [5, 5.41) is 0. The van der Waals surface area contributed by atoms with E-state index in [1.54, 1.807) is 6.07 Å². The zero-order valence-electron chi connectivity index (χ0n) is 15.0. The lowest BCUT2D eigenvalue weighted by Gasteiger charge is -2.34. The Balaban J connectivity index is 1.81. The molecular formula is C18H19F3N6O. The van der Waals surface area contributed by atoms with Gasteiger partial charge in [-0.2, -0.15) is 18.2 Å². The molecule has 0 radical (unpaired) electrons. The van der Waals surface area contributed by atoms with Crippen LogP contribution in [0.1, 0.15) is 25.0 Å². The highest BCUT2D eigenvalue weighted by molar-refractivity contribution is 5.81. The lowest BCUT2D eigenvalue weighted by molar-refractivity contribution is -0.140. The molecule has 2 aliphatic rings. The molecule has 2 aromatic heterocycles. The van der Waals surface area contributed by atoms with E-state index in [2.05, 4.69) is 15.0 Å². The number of nitrogens with two attached hydrogens (primary N) is 1. The number of anilines is 3. The Bertz CT molecular complexity index is 903. The van der Waals surface area contributed by atoms with Gasteiger partial charge in [-0.05, 0) is 18.6 Å². The molecule has 148 valence electrons. The molecule has 0 atom stereocenters. The van der Waals surface area contributed by atoms with Crippen molar-refractivity contribution in [3.63, 3.8) is 0 Å². The van der Waals surface area contributed by atoms with Crippen molar-refractivity contribution in [2.45, 2.75) is 25.4 Å². The molecule has 2 N–H and O–H groups in total. The van der Waals surface area contributed by atoms with Crippen LogP contribution < -0.4 is 15.5 Å². The molecular weight excluding hydrogens is 373 g/mol. The number of hydrogen-bond acceptors (Lipinski definition) is 7. The molecule has 4 rings (SSSR count). The Hall–Kier alpha value is -2.91. The minimum atomic E-state index is -4.66. The summed E-state index contributed by atoms with van der Waals surface area (Å²) in [6, 6.07) is 4.17. The molecule has 28 heavy (non-hydrogen) atoms. The molecule has 4 heterocycles. The molecule has 7 nitrogen and oxygen atoms in total. The molecule has 10 heteroatoms. The predicted molar refractivity (Wildman–Crippen MR) is 98.0 cm³/mol. The van der Waals surface area contributed by atoms with E-state index in [1.165, 1.54) is 12.1 Å². The van der Waals surface area contributed by atoms with E-state index in [0.717, 1.165) is 19.5 Å². The molecule has 2 fully saturated rings. The number of pyridine rings is 1. The average molecular weight is 392 g/mol. The third kappa shape index (κ3) is 3.58. The molecule has 0 saturated carbocycles. The highest BCUT2D eigenvalue weighted by Crippen LogP contribution is 2.37. The van der Waals surface area contributed by atoms with Gasteiger partial charge >= 0.3 is 6.18 Å². The van der Waals surface area contributed by atoms with Crippen LogP contribution in [0.5, 0.6) is 0 Å². The zero-order chi connectivity index (χ0) is 19.9. The van der Waals surface area contributed by atoms with Gasteiger partial charge in [0.25, 0.3) is 0 Å². The quantitative estimate of drug-likeness (QED) is 0.859. The number of Topliss-reactive ketones (excluding diaryl/α,β-unsaturated/α-hetero) is 1. The fourth-order valence-corrected chi connectivity index (χ4v) is 3.26. The van der Waals surface area contributed by atoms with E-state index in [0.29, 0.717) is 37.7 Å². The molecule has 0 aliphatic carbocycles. The Morgan fingerprint density at radius 2 is 1.68 bits per heavy atom. The lowest BCUT2D eigenvalue weighted by atomic mass is 10.1. The third-order valence-electron chi connectivity index (χ3n) is 4.95. The third-order valence-corrected chi connectivity index (χ3v) is 4.95. The molecule has 2 aliphatic heterocycles. The molecule has 0 bridgehead atoms. The Kier molecular flexibility index (Phi) is 4.56. The summed E-state index contributed by atoms with van der Waals surface area (Å²) in [6.45, 7) is 2.49. The van der Waals surface area contributed by atoms with Crippen molar-refractivity contribution in [3.8, 4) is 11.3 Å². The van der Waals surface area contributed by atoms with Crippen molar-refractivity contribution >= 4 is 23.4 Å². The number of nitrogen functional groups attached to an aromatic ring is 1. The topological polar surface area (TPSA) is 88.2 Å². The van der Waals surface area contributed by atoms with Crippen molar-refractivity contribution in [3.05, 3.63) is 23.9 Å². The van der Waals surface area contributed by atoms with Crippen molar-refractivity contribution in [1.29, 1.82) is 0 Å². The van der Waals surface area contributed by atoms with Gasteiger partial charge in [-0.15, -0.1) is 0 Å². The van der Waals surface area contributed by atoms with E-state index in [1.807, 2.05) is 9.80 Å². The number of halogens is 3. The van der Waals surface area contributed by atoms with E-state index in [9.17, 15) is 18.0 Å². The second-order valence-corrected chi connectivity index (χ2v) is 6.91. The summed E-state index contributed by atoms with van der Waals surface area (Å²) >= 11 is 0. The van der Waals surface area contributed by atoms with Crippen LogP contribution in [0, 0.1) is 0 Å². The molecule has 0 amide bonds. The Labute approximate surface area is 159 Å². The van der Waals surface area contributed by atoms with E-state index >= 15 is 0 Å². The summed E-state index contributed by atoms with van der Waals surface area (Å²) in [5.74, 6) is 0.866. The van der Waals surface area contributed by atoms with E-state index in [4.69, 9.17) is 5.73 Å². The van der Waals surface area contributed by atoms with Crippen molar-refractivity contribution in [2.75, 3.05) is 41.7 Å². The van der Waals surface area contributed by atoms with Crippen LogP contribution >= 0.6 is 0 Å². The minimum Gasteiger partial charge on any atom is -0.384 e. The molecule has 2 saturated heterocycles. The summed E-state index contributed by atoms with van der Waals surface area (Å²) in [7, 11) is 0. The van der Waals surface area contributed by atoms with Gasteiger partial charge in [0, 0.05) is 50.7 Å². The maximum Gasteiger partial charge on any atom is 0.434 e. The fourth-order valence-electron chi connectivity index (χ4n) is 3.26. The van der Waals surface area contributed by atoms with Gasteiger partial charge in [0.05, 0.1) is 5.69 Å². The highest BCUT2D eigenvalue weighted by atomic mass is 19.4. The number of carbonyl (C=O) groups excluding carboxylic acids is 1. The van der Waals surface area contributed by atoms with Crippen LogP contribution in [0.25, 0.3) is 11.3 Å². The number of piperidine rings is 1. The smallest absolute Gasteiger partial charge is 0.384 e. The summed E-state index contributed by atoms with van der Waals surface area (Å²) in [5.41, 5.74) is 4.41. The summed E-state index contributed by atoms with van der Waals surface area (Å²) < 4.78 is 40.6. The largest absolute Gasteiger partial charge is 0.434 e. The lowest BCUT2D eigenvalue weighted by Crippen LogP contribution is -2.39. The highest BCUT2D eigenvalue weighted by Gasteiger charge is 2.37. The van der Waals surface area contributed by atoms with E-state index in [-0.39, 0.29) is 22.9 Å². The SMILES string of the molecule is Nc1ccc(-c2cc(N3CCC3)nc(N3CCC(=O)CC3)n2)c(C(F)(F)F)n1. The maximum absolute atomic E-state index is 13.5. The van der Waals surface area contributed by atoms with Gasteiger partial charge in [-0.25, -0.2) is 9.97 Å². The Morgan fingerprint density at radius 3 is 2.29 bits per heavy atom. The average Bonchev–Trinajstić information content (AvgIpc) is 2.60. The van der Waals surface area contributed by atoms with Crippen molar-refractivity contribution < 1.29 is 18.0 Å². The van der Waals surface area contributed by atoms with Gasteiger partial charge in [-0.1, -0.05) is 0 Å². The van der Waals surface area contributed by atoms with Crippen LogP contribution in [0.4, 0.5) is 30.8 Å². The van der Waals surface area contributed by atoms with Gasteiger partial charge < -0.3 is 15.5 Å². The van der Waals surface area contributed by atoms with Gasteiger partial charge in [-0.3, -0.25) is 4.79 Å². The van der Waals surface area contributed by atoms with Gasteiger partial charge in [0.2, 0.25) is 5.95 Å². The number of carbonyl (C=O) groups is 1. The maximum atomic E-state index is 13.5. The number of ketones is 1. The second kappa shape index (κ2) is 6.92. The molecule has 0 aromatic carbocycles. The monoisotopic (exact) mass is 392 g/mol. The van der Waals surface area contributed by atoms with Gasteiger partial charge in [0.1, 0.15) is 17.4 Å². The Morgan fingerprint density at radius 1 is 0.964 bits per heavy atom. The summed E-state index contributed by atoms with van der Waals surface area (Å²) in [4.78, 5) is 27.8. The number of rotatable bonds is 3.